The van der Waals surface area contributed by atoms with Gasteiger partial charge in [0.1, 0.15) is 10.8 Å². The van der Waals surface area contributed by atoms with Gasteiger partial charge in [-0.05, 0) is 25.5 Å². The highest BCUT2D eigenvalue weighted by Crippen LogP contribution is 2.27. The maximum Gasteiger partial charge on any atom is 0.239 e. The lowest BCUT2D eigenvalue weighted by Gasteiger charge is -2.10. The Bertz CT molecular complexity index is 925. The number of rotatable bonds is 6. The van der Waals surface area contributed by atoms with Gasteiger partial charge in [-0.25, -0.2) is 4.39 Å². The fourth-order valence-corrected chi connectivity index (χ4v) is 3.66. The molecule has 1 amide bonds. The monoisotopic (exact) mass is 392 g/mol. The summed E-state index contributed by atoms with van der Waals surface area (Å²) in [4.78, 5) is 12.3. The van der Waals surface area contributed by atoms with Gasteiger partial charge in [-0.3, -0.25) is 10.1 Å². The minimum atomic E-state index is -0.410. The van der Waals surface area contributed by atoms with E-state index in [1.54, 1.807) is 30.7 Å². The van der Waals surface area contributed by atoms with Crippen molar-refractivity contribution in [3.8, 4) is 11.4 Å². The molecule has 136 valence electrons. The Morgan fingerprint density at radius 2 is 2.15 bits per heavy atom. The van der Waals surface area contributed by atoms with E-state index in [4.69, 9.17) is 0 Å². The van der Waals surface area contributed by atoms with Gasteiger partial charge in [-0.2, -0.15) is 0 Å². The molecule has 2 heterocycles. The molecule has 0 spiro atoms. The van der Waals surface area contributed by atoms with E-state index in [0.717, 1.165) is 11.4 Å². The smallest absolute Gasteiger partial charge is 0.239 e. The van der Waals surface area contributed by atoms with E-state index in [2.05, 4.69) is 25.7 Å². The van der Waals surface area contributed by atoms with Gasteiger partial charge in [0.2, 0.25) is 11.0 Å². The summed E-state index contributed by atoms with van der Waals surface area (Å²) in [6.07, 6.45) is 0.777. The van der Waals surface area contributed by atoms with Crippen molar-refractivity contribution >= 4 is 34.1 Å². The first kappa shape index (κ1) is 18.5. The number of aromatic nitrogens is 5. The molecule has 1 atom stereocenters. The Kier molecular flexibility index (Phi) is 5.62. The van der Waals surface area contributed by atoms with Crippen molar-refractivity contribution in [2.75, 3.05) is 5.32 Å². The lowest BCUT2D eigenvalue weighted by molar-refractivity contribution is -0.115. The van der Waals surface area contributed by atoms with Crippen LogP contribution in [-0.2, 0) is 18.3 Å². The second kappa shape index (κ2) is 7.92. The van der Waals surface area contributed by atoms with Crippen molar-refractivity contribution in [1.82, 2.24) is 25.0 Å². The summed E-state index contributed by atoms with van der Waals surface area (Å²) >= 11 is 2.63. The summed E-state index contributed by atoms with van der Waals surface area (Å²) in [6.45, 7) is 3.76. The summed E-state index contributed by atoms with van der Waals surface area (Å²) in [7, 11) is 1.78. The minimum Gasteiger partial charge on any atom is -0.305 e. The van der Waals surface area contributed by atoms with Crippen LogP contribution in [0.2, 0.25) is 0 Å². The van der Waals surface area contributed by atoms with Crippen LogP contribution < -0.4 is 5.32 Å². The molecule has 0 aliphatic rings. The van der Waals surface area contributed by atoms with Crippen molar-refractivity contribution in [3.05, 3.63) is 35.1 Å². The second-order valence-corrected chi connectivity index (χ2v) is 7.85. The van der Waals surface area contributed by atoms with Gasteiger partial charge in [0.05, 0.1) is 5.25 Å². The molecule has 2 aromatic heterocycles. The zero-order valence-electron chi connectivity index (χ0n) is 14.4. The van der Waals surface area contributed by atoms with E-state index in [9.17, 15) is 9.18 Å². The highest BCUT2D eigenvalue weighted by Gasteiger charge is 2.20. The Hall–Kier alpha value is -2.33. The largest absolute Gasteiger partial charge is 0.305 e. The molecule has 0 bridgehead atoms. The first-order chi connectivity index (χ1) is 12.5. The molecule has 1 N–H and O–H groups in total. The number of nitrogens with one attached hydrogen (secondary N) is 1. The van der Waals surface area contributed by atoms with Crippen LogP contribution in [0.15, 0.2) is 29.4 Å². The van der Waals surface area contributed by atoms with Crippen molar-refractivity contribution in [3.63, 3.8) is 0 Å². The normalized spacial score (nSPS) is 12.2. The van der Waals surface area contributed by atoms with E-state index in [1.165, 1.54) is 35.2 Å². The number of carbonyl (C=O) groups excluding carboxylic acids is 1. The van der Waals surface area contributed by atoms with Gasteiger partial charge >= 0.3 is 0 Å². The Labute approximate surface area is 158 Å². The summed E-state index contributed by atoms with van der Waals surface area (Å²) in [6, 6.07) is 6.15. The number of benzene rings is 1. The molecule has 0 saturated carbocycles. The van der Waals surface area contributed by atoms with Gasteiger partial charge in [0.15, 0.2) is 11.0 Å². The van der Waals surface area contributed by atoms with Crippen LogP contribution in [0.25, 0.3) is 11.4 Å². The Balaban J connectivity index is 1.69. The number of nitrogens with zero attached hydrogens (tertiary/aromatic N) is 5. The van der Waals surface area contributed by atoms with Crippen LogP contribution >= 0.6 is 23.1 Å². The predicted molar refractivity (Wildman–Crippen MR) is 99.6 cm³/mol. The molecule has 0 saturated heterocycles. The van der Waals surface area contributed by atoms with Gasteiger partial charge in [-0.15, -0.1) is 20.4 Å². The average molecular weight is 392 g/mol. The molecule has 0 aliphatic heterocycles. The molecule has 10 heteroatoms. The SMILES string of the molecule is CCc1nnc(NC(=O)C(C)Sc2nnc(-c3cccc(F)c3)n2C)s1. The first-order valence-electron chi connectivity index (χ1n) is 7.93. The maximum absolute atomic E-state index is 13.4. The van der Waals surface area contributed by atoms with Crippen molar-refractivity contribution in [1.29, 1.82) is 0 Å². The molecule has 0 aliphatic carbocycles. The van der Waals surface area contributed by atoms with Crippen molar-refractivity contribution in [2.24, 2.45) is 7.05 Å². The number of hydrogen-bond acceptors (Lipinski definition) is 7. The zero-order valence-corrected chi connectivity index (χ0v) is 16.1. The number of carbonyl (C=O) groups is 1. The molecule has 1 unspecified atom stereocenters. The van der Waals surface area contributed by atoms with Crippen LogP contribution in [0.4, 0.5) is 9.52 Å². The van der Waals surface area contributed by atoms with Crippen LogP contribution in [0.1, 0.15) is 18.9 Å². The predicted octanol–water partition coefficient (Wildman–Crippen LogP) is 3.15. The molecular formula is C16H17FN6OS2. The minimum absolute atomic E-state index is 0.191. The fourth-order valence-electron chi connectivity index (χ4n) is 2.16. The third-order valence-corrected chi connectivity index (χ3v) is 5.69. The van der Waals surface area contributed by atoms with E-state index >= 15 is 0 Å². The highest BCUT2D eigenvalue weighted by molar-refractivity contribution is 8.00. The highest BCUT2D eigenvalue weighted by atomic mass is 32.2. The van der Waals surface area contributed by atoms with Crippen LogP contribution in [-0.4, -0.2) is 36.1 Å². The van der Waals surface area contributed by atoms with Crippen LogP contribution in [0.3, 0.4) is 0 Å². The molecule has 26 heavy (non-hydrogen) atoms. The van der Waals surface area contributed by atoms with E-state index in [-0.39, 0.29) is 11.7 Å². The van der Waals surface area contributed by atoms with Gasteiger partial charge < -0.3 is 4.57 Å². The van der Waals surface area contributed by atoms with Crippen molar-refractivity contribution < 1.29 is 9.18 Å². The number of thioether (sulfide) groups is 1. The van der Waals surface area contributed by atoms with Crippen molar-refractivity contribution in [2.45, 2.75) is 30.7 Å². The zero-order chi connectivity index (χ0) is 18.7. The van der Waals surface area contributed by atoms with E-state index in [1.807, 2.05) is 6.92 Å². The summed E-state index contributed by atoms with van der Waals surface area (Å²) in [5.41, 5.74) is 0.630. The van der Waals surface area contributed by atoms with Gasteiger partial charge in [0, 0.05) is 12.6 Å². The molecule has 7 nitrogen and oxygen atoms in total. The molecule has 0 fully saturated rings. The lowest BCUT2D eigenvalue weighted by atomic mass is 10.2. The van der Waals surface area contributed by atoms with Crippen LogP contribution in [0, 0.1) is 5.82 Å². The van der Waals surface area contributed by atoms with Crippen LogP contribution in [0.5, 0.6) is 0 Å². The topological polar surface area (TPSA) is 85.6 Å². The number of halogens is 1. The standard InChI is InChI=1S/C16H17FN6OS2/c1-4-12-19-21-15(26-12)18-14(24)9(2)25-16-22-20-13(23(16)3)10-6-5-7-11(17)8-10/h5-9H,4H2,1-3H3,(H,18,21,24). The second-order valence-electron chi connectivity index (χ2n) is 5.48. The third-order valence-electron chi connectivity index (χ3n) is 3.57. The number of aryl methyl sites for hydroxylation is 1. The van der Waals surface area contributed by atoms with E-state index < -0.39 is 5.25 Å². The lowest BCUT2D eigenvalue weighted by Crippen LogP contribution is -2.22. The van der Waals surface area contributed by atoms with Gasteiger partial charge in [0.25, 0.3) is 0 Å². The molecule has 1 aromatic carbocycles. The maximum atomic E-state index is 13.4. The fraction of sp³-hybridized carbons (Fsp3) is 0.312. The molecular weight excluding hydrogens is 375 g/mol. The summed E-state index contributed by atoms with van der Waals surface area (Å²) in [5, 5.41) is 20.4. The van der Waals surface area contributed by atoms with Gasteiger partial charge in [-0.1, -0.05) is 42.2 Å². The average Bonchev–Trinajstić information content (AvgIpc) is 3.22. The molecule has 3 rings (SSSR count). The Morgan fingerprint density at radius 3 is 2.85 bits per heavy atom. The summed E-state index contributed by atoms with van der Waals surface area (Å²) < 4.78 is 15.2. The number of amides is 1. The molecule has 0 radical (unpaired) electrons. The Morgan fingerprint density at radius 1 is 1.35 bits per heavy atom. The first-order valence-corrected chi connectivity index (χ1v) is 9.62. The number of hydrogen-bond donors (Lipinski definition) is 1. The third kappa shape index (κ3) is 4.07. The quantitative estimate of drug-likeness (QED) is 0.649. The number of anilines is 1. The molecule has 3 aromatic rings. The van der Waals surface area contributed by atoms with E-state index in [0.29, 0.717) is 21.7 Å². The summed E-state index contributed by atoms with van der Waals surface area (Å²) in [5.74, 6) is 0.0105.